The van der Waals surface area contributed by atoms with Crippen LogP contribution < -0.4 is 4.90 Å². The highest BCUT2D eigenvalue weighted by Gasteiger charge is 2.44. The van der Waals surface area contributed by atoms with Crippen molar-refractivity contribution in [3.63, 3.8) is 0 Å². The van der Waals surface area contributed by atoms with Gasteiger partial charge in [-0.25, -0.2) is 0 Å². The van der Waals surface area contributed by atoms with Crippen molar-refractivity contribution >= 4 is 16.5 Å². The van der Waals surface area contributed by atoms with Crippen LogP contribution in [0, 0.1) is 6.92 Å². The molecule has 2 fully saturated rings. The van der Waals surface area contributed by atoms with E-state index in [1.54, 1.807) is 11.3 Å². The third-order valence-corrected chi connectivity index (χ3v) is 6.02. The lowest BCUT2D eigenvalue weighted by molar-refractivity contribution is -0.173. The number of rotatable bonds is 2. The van der Waals surface area contributed by atoms with Gasteiger partial charge in [-0.05, 0) is 25.3 Å². The van der Waals surface area contributed by atoms with Crippen LogP contribution in [0.5, 0.6) is 0 Å². The summed E-state index contributed by atoms with van der Waals surface area (Å²) < 4.78 is 6.54. The Balaban J connectivity index is 1.47. The molecule has 6 heteroatoms. The van der Waals surface area contributed by atoms with Crippen molar-refractivity contribution in [2.24, 2.45) is 0 Å². The van der Waals surface area contributed by atoms with Gasteiger partial charge < -0.3 is 14.7 Å². The van der Waals surface area contributed by atoms with Crippen LogP contribution in [-0.4, -0.2) is 40.1 Å². The van der Waals surface area contributed by atoms with E-state index < -0.39 is 0 Å². The molecule has 2 saturated heterocycles. The monoisotopic (exact) mass is 345 g/mol. The normalized spacial score (nSPS) is 26.7. The van der Waals surface area contributed by atoms with Crippen LogP contribution >= 0.6 is 11.3 Å². The zero-order valence-electron chi connectivity index (χ0n) is 13.9. The van der Waals surface area contributed by atoms with Gasteiger partial charge in [0.1, 0.15) is 5.01 Å². The molecule has 1 spiro atoms. The zero-order valence-corrected chi connectivity index (χ0v) is 14.7. The number of piperidine rings is 1. The lowest BCUT2D eigenvalue weighted by Gasteiger charge is -2.48. The molecule has 1 aromatic carbocycles. The maximum atomic E-state index is 10.4. The molecule has 4 rings (SSSR count). The van der Waals surface area contributed by atoms with Crippen molar-refractivity contribution < 1.29 is 9.84 Å². The standard InChI is InChI=1S/C18H23N3O2S/c1-13-19-20-17(24-13)21-9-7-18(8-10-21)12-15(22)11-16(23-18)14-5-3-2-4-6-14/h2-6,15-16,22H,7-12H2,1H3/t15-,16-/m1/s1. The maximum absolute atomic E-state index is 10.4. The van der Waals surface area contributed by atoms with Crippen LogP contribution in [0.3, 0.4) is 0 Å². The number of aryl methyl sites for hydroxylation is 1. The van der Waals surface area contributed by atoms with Crippen molar-refractivity contribution in [2.45, 2.75) is 50.4 Å². The number of ether oxygens (including phenoxy) is 1. The smallest absolute Gasteiger partial charge is 0.208 e. The van der Waals surface area contributed by atoms with Gasteiger partial charge in [-0.15, -0.1) is 10.2 Å². The van der Waals surface area contributed by atoms with Crippen LogP contribution in [0.1, 0.15) is 42.4 Å². The van der Waals surface area contributed by atoms with E-state index in [1.165, 1.54) is 0 Å². The van der Waals surface area contributed by atoms with E-state index in [0.29, 0.717) is 6.42 Å². The summed E-state index contributed by atoms with van der Waals surface area (Å²) in [4.78, 5) is 2.29. The van der Waals surface area contributed by atoms with Crippen LogP contribution in [0.15, 0.2) is 30.3 Å². The fraction of sp³-hybridized carbons (Fsp3) is 0.556. The number of aliphatic hydroxyl groups excluding tert-OH is 1. The molecule has 0 saturated carbocycles. The third kappa shape index (κ3) is 3.18. The maximum Gasteiger partial charge on any atom is 0.208 e. The first kappa shape index (κ1) is 16.0. The molecular weight excluding hydrogens is 322 g/mol. The molecule has 2 atom stereocenters. The molecule has 2 aromatic rings. The Bertz CT molecular complexity index is 683. The average molecular weight is 345 g/mol. The Labute approximate surface area is 146 Å². The number of anilines is 1. The minimum atomic E-state index is -0.292. The summed E-state index contributed by atoms with van der Waals surface area (Å²) in [5, 5.41) is 20.8. The first-order chi connectivity index (χ1) is 11.6. The molecule has 24 heavy (non-hydrogen) atoms. The predicted molar refractivity (Wildman–Crippen MR) is 94.3 cm³/mol. The van der Waals surface area contributed by atoms with Crippen LogP contribution in [0.25, 0.3) is 0 Å². The van der Waals surface area contributed by atoms with Crippen LogP contribution in [0.4, 0.5) is 5.13 Å². The molecule has 128 valence electrons. The molecule has 0 unspecified atom stereocenters. The second kappa shape index (κ2) is 6.43. The number of hydrogen-bond donors (Lipinski definition) is 1. The van der Waals surface area contributed by atoms with Crippen molar-refractivity contribution in [1.29, 1.82) is 0 Å². The number of aromatic nitrogens is 2. The number of nitrogens with zero attached hydrogens (tertiary/aromatic N) is 3. The molecule has 0 aliphatic carbocycles. The quantitative estimate of drug-likeness (QED) is 0.906. The fourth-order valence-corrected chi connectivity index (χ4v) is 4.61. The molecule has 0 amide bonds. The van der Waals surface area contributed by atoms with Crippen molar-refractivity contribution in [2.75, 3.05) is 18.0 Å². The molecule has 2 aliphatic heterocycles. The Morgan fingerprint density at radius 3 is 2.62 bits per heavy atom. The highest BCUT2D eigenvalue weighted by atomic mass is 32.1. The van der Waals surface area contributed by atoms with Gasteiger partial charge in [-0.2, -0.15) is 0 Å². The van der Waals surface area contributed by atoms with E-state index in [-0.39, 0.29) is 17.8 Å². The van der Waals surface area contributed by atoms with Gasteiger partial charge in [0, 0.05) is 25.9 Å². The summed E-state index contributed by atoms with van der Waals surface area (Å²) in [6.45, 7) is 3.80. The lowest BCUT2D eigenvalue weighted by Crippen LogP contribution is -2.51. The largest absolute Gasteiger partial charge is 0.393 e. The molecule has 0 bridgehead atoms. The summed E-state index contributed by atoms with van der Waals surface area (Å²) in [7, 11) is 0. The van der Waals surface area contributed by atoms with Gasteiger partial charge in [0.15, 0.2) is 0 Å². The minimum absolute atomic E-state index is 0.00901. The minimum Gasteiger partial charge on any atom is -0.393 e. The summed E-state index contributed by atoms with van der Waals surface area (Å²) >= 11 is 1.64. The number of aliphatic hydroxyl groups is 1. The summed E-state index contributed by atoms with van der Waals surface area (Å²) in [6, 6.07) is 10.3. The number of benzene rings is 1. The molecular formula is C18H23N3O2S. The van der Waals surface area contributed by atoms with Crippen LogP contribution in [-0.2, 0) is 4.74 Å². The van der Waals surface area contributed by atoms with E-state index >= 15 is 0 Å². The van der Waals surface area contributed by atoms with Crippen LogP contribution in [0.2, 0.25) is 0 Å². The van der Waals surface area contributed by atoms with E-state index in [9.17, 15) is 5.11 Å². The van der Waals surface area contributed by atoms with Crippen molar-refractivity contribution in [3.05, 3.63) is 40.9 Å². The fourth-order valence-electron chi connectivity index (χ4n) is 3.87. The van der Waals surface area contributed by atoms with Crippen molar-refractivity contribution in [1.82, 2.24) is 10.2 Å². The van der Waals surface area contributed by atoms with Gasteiger partial charge in [0.25, 0.3) is 0 Å². The Morgan fingerprint density at radius 1 is 1.21 bits per heavy atom. The summed E-state index contributed by atoms with van der Waals surface area (Å²) in [6.07, 6.45) is 2.96. The molecule has 2 aliphatic rings. The molecule has 1 aromatic heterocycles. The third-order valence-electron chi connectivity index (χ3n) is 5.12. The molecule has 0 radical (unpaired) electrons. The number of hydrogen-bond acceptors (Lipinski definition) is 6. The SMILES string of the molecule is Cc1nnc(N2CCC3(CC2)C[C@H](O)C[C@H](c2ccccc2)O3)s1. The Kier molecular flexibility index (Phi) is 4.28. The predicted octanol–water partition coefficient (Wildman–Crippen LogP) is 3.10. The van der Waals surface area contributed by atoms with Gasteiger partial charge >= 0.3 is 0 Å². The summed E-state index contributed by atoms with van der Waals surface area (Å²) in [5.41, 5.74) is 0.951. The second-order valence-electron chi connectivity index (χ2n) is 6.88. The topological polar surface area (TPSA) is 58.5 Å². The first-order valence-corrected chi connectivity index (χ1v) is 9.41. The van der Waals surface area contributed by atoms with E-state index in [4.69, 9.17) is 4.74 Å². The highest BCUT2D eigenvalue weighted by Crippen LogP contribution is 2.43. The van der Waals surface area contributed by atoms with E-state index in [0.717, 1.165) is 48.1 Å². The molecule has 1 N–H and O–H groups in total. The second-order valence-corrected chi connectivity index (χ2v) is 8.04. The zero-order chi connectivity index (χ0) is 16.6. The molecule has 5 nitrogen and oxygen atoms in total. The molecule has 3 heterocycles. The average Bonchev–Trinajstić information content (AvgIpc) is 3.02. The highest BCUT2D eigenvalue weighted by molar-refractivity contribution is 7.15. The Hall–Kier alpha value is -1.50. The van der Waals surface area contributed by atoms with Gasteiger partial charge in [0.2, 0.25) is 5.13 Å². The van der Waals surface area contributed by atoms with E-state index in [2.05, 4.69) is 27.2 Å². The Morgan fingerprint density at radius 2 is 1.96 bits per heavy atom. The first-order valence-electron chi connectivity index (χ1n) is 8.59. The van der Waals surface area contributed by atoms with E-state index in [1.807, 2.05) is 25.1 Å². The lowest BCUT2D eigenvalue weighted by atomic mass is 9.81. The van der Waals surface area contributed by atoms with Gasteiger partial charge in [0.05, 0.1) is 17.8 Å². The van der Waals surface area contributed by atoms with Gasteiger partial charge in [-0.3, -0.25) is 0 Å². The van der Waals surface area contributed by atoms with Crippen molar-refractivity contribution in [3.8, 4) is 0 Å². The van der Waals surface area contributed by atoms with Gasteiger partial charge in [-0.1, -0.05) is 41.7 Å². The summed E-state index contributed by atoms with van der Waals surface area (Å²) in [5.74, 6) is 0.